The number of aliphatic imine (C=N–C) groups is 1. The first-order chi connectivity index (χ1) is 27.8. The normalized spacial score (nSPS) is 21.9. The highest BCUT2D eigenvalue weighted by Gasteiger charge is 2.25. The van der Waals surface area contributed by atoms with Gasteiger partial charge in [0.05, 0.1) is 6.04 Å². The van der Waals surface area contributed by atoms with E-state index < -0.39 is 0 Å². The van der Waals surface area contributed by atoms with Crippen molar-refractivity contribution in [2.75, 3.05) is 86.6 Å². The molecule has 350 valence electrons. The third kappa shape index (κ3) is 23.3. The summed E-state index contributed by atoms with van der Waals surface area (Å²) in [5.74, 6) is 0.413. The fraction of sp³-hybridized carbons (Fsp3) is 0.956. The fourth-order valence-electron chi connectivity index (χ4n) is 8.57. The van der Waals surface area contributed by atoms with Crippen LogP contribution in [0, 0.1) is 5.41 Å². The van der Waals surface area contributed by atoms with Gasteiger partial charge < -0.3 is 63.0 Å². The summed E-state index contributed by atoms with van der Waals surface area (Å²) in [5, 5.41) is 14.0. The van der Waals surface area contributed by atoms with Crippen LogP contribution in [0.15, 0.2) is 4.99 Å². The highest BCUT2D eigenvalue weighted by atomic mass is 15.3. The molecule has 0 unspecified atom stereocenters. The Morgan fingerprint density at radius 2 is 0.780 bits per heavy atom. The average Bonchev–Trinajstić information content (AvgIpc) is 3.21. The van der Waals surface area contributed by atoms with E-state index in [-0.39, 0.29) is 11.9 Å². The molecular formula is C45H100N14. The molecule has 0 radical (unpaired) electrons. The van der Waals surface area contributed by atoms with Gasteiger partial charge >= 0.3 is 0 Å². The van der Waals surface area contributed by atoms with Gasteiger partial charge in [-0.25, -0.2) is 0 Å². The maximum absolute atomic E-state index is 7.36. The Balaban J connectivity index is 0.000000371. The number of guanidine groups is 2. The predicted molar refractivity (Wildman–Crippen MR) is 256 cm³/mol. The Labute approximate surface area is 364 Å². The van der Waals surface area contributed by atoms with Crippen molar-refractivity contribution in [1.82, 2.24) is 40.0 Å². The van der Waals surface area contributed by atoms with E-state index in [1.165, 1.54) is 77.8 Å². The molecule has 0 aromatic carbocycles. The second-order valence-corrected chi connectivity index (χ2v) is 19.1. The minimum Gasteiger partial charge on any atom is -0.370 e. The van der Waals surface area contributed by atoms with Crippen LogP contribution in [0.1, 0.15) is 133 Å². The van der Waals surface area contributed by atoms with E-state index in [1.54, 1.807) is 0 Å². The molecule has 0 atom stereocenters. The number of nitrogens with two attached hydrogens (primary N) is 4. The number of nitrogens with zero attached hydrogens (tertiary/aromatic N) is 7. The van der Waals surface area contributed by atoms with Crippen LogP contribution in [0.2, 0.25) is 0 Å². The Morgan fingerprint density at radius 3 is 1.03 bits per heavy atom. The molecule has 11 N–H and O–H groups in total. The zero-order valence-electron chi connectivity index (χ0n) is 40.9. The molecule has 5 saturated heterocycles. The van der Waals surface area contributed by atoms with Crippen molar-refractivity contribution in [1.29, 1.82) is 5.41 Å². The van der Waals surface area contributed by atoms with Gasteiger partial charge in [0.25, 0.3) is 0 Å². The summed E-state index contributed by atoms with van der Waals surface area (Å²) in [6.07, 6.45) is 12.0. The van der Waals surface area contributed by atoms with Crippen molar-refractivity contribution in [3.63, 3.8) is 0 Å². The van der Waals surface area contributed by atoms with Crippen LogP contribution in [0.4, 0.5) is 0 Å². The number of piperidine rings is 5. The SMILES string of the molecule is CC(C)N1CCC(N(C)C(=N)N)CC1.CC(C)N1CCC(N)CC1.CC(C)N1CCC(N=C(N)N)CC1.CNC1CCN(C(C)C)CC1.CNC1CCN(C(C)C)CC1. The Kier molecular flexibility index (Phi) is 28.4. The number of nitrogens with one attached hydrogen (secondary N) is 3. The molecule has 0 aromatic heterocycles. The van der Waals surface area contributed by atoms with E-state index in [4.69, 9.17) is 28.3 Å². The van der Waals surface area contributed by atoms with E-state index in [0.29, 0.717) is 36.3 Å². The van der Waals surface area contributed by atoms with E-state index in [1.807, 2.05) is 11.9 Å². The van der Waals surface area contributed by atoms with Crippen LogP contribution >= 0.6 is 0 Å². The van der Waals surface area contributed by atoms with Gasteiger partial charge in [0.1, 0.15) is 0 Å². The summed E-state index contributed by atoms with van der Waals surface area (Å²) in [6, 6.07) is 6.25. The summed E-state index contributed by atoms with van der Waals surface area (Å²) < 4.78 is 0. The van der Waals surface area contributed by atoms with Crippen molar-refractivity contribution in [2.45, 2.75) is 194 Å². The number of hydrogen-bond donors (Lipinski definition) is 7. The first kappa shape index (κ1) is 55.2. The van der Waals surface area contributed by atoms with E-state index >= 15 is 0 Å². The van der Waals surface area contributed by atoms with Crippen molar-refractivity contribution in [2.24, 2.45) is 27.9 Å². The van der Waals surface area contributed by atoms with Gasteiger partial charge in [-0.1, -0.05) is 0 Å². The standard InChI is InChI=1S/C10H22N4.C9H20N4.2C9H20N2.C8H18N2/c1-8(2)14-6-4-9(5-7-14)13(3)10(11)12;1-7(2)13-5-3-8(4-6-13)12-9(10)11;2*1-8(2)11-6-4-9(10-3)5-7-11;1-7(2)10-5-3-8(9)4-6-10/h8-9H,4-7H2,1-3H3,(H3,11,12);7-8H,3-6H2,1-2H3,(H4,10,11,12);2*8-10H,4-7H2,1-3H3;7-8H,3-6,9H2,1-2H3. The van der Waals surface area contributed by atoms with Crippen molar-refractivity contribution in [3.8, 4) is 0 Å². The molecule has 5 rings (SSSR count). The second kappa shape index (κ2) is 30.3. The summed E-state index contributed by atoms with van der Waals surface area (Å²) in [5.41, 5.74) is 21.9. The maximum Gasteiger partial charge on any atom is 0.188 e. The van der Waals surface area contributed by atoms with Crippen LogP contribution in [-0.2, 0) is 0 Å². The summed E-state index contributed by atoms with van der Waals surface area (Å²) in [7, 11) is 6.05. The molecule has 0 aliphatic carbocycles. The van der Waals surface area contributed by atoms with Crippen LogP contribution in [0.3, 0.4) is 0 Å². The molecule has 14 nitrogen and oxygen atoms in total. The Morgan fingerprint density at radius 1 is 0.508 bits per heavy atom. The number of rotatable bonds is 9. The Bertz CT molecular complexity index is 1030. The third-order valence-corrected chi connectivity index (χ3v) is 13.4. The van der Waals surface area contributed by atoms with Gasteiger partial charge in [-0.05, 0) is 187 Å². The van der Waals surface area contributed by atoms with Crippen molar-refractivity contribution >= 4 is 11.9 Å². The third-order valence-electron chi connectivity index (χ3n) is 13.4. The van der Waals surface area contributed by atoms with Gasteiger partial charge in [0.15, 0.2) is 11.9 Å². The molecule has 14 heteroatoms. The molecule has 5 heterocycles. The van der Waals surface area contributed by atoms with Gasteiger partial charge in [0, 0.05) is 87.6 Å². The lowest BCUT2D eigenvalue weighted by Gasteiger charge is -2.38. The zero-order chi connectivity index (χ0) is 44.7. The van der Waals surface area contributed by atoms with E-state index in [2.05, 4.69) is 123 Å². The molecule has 5 aliphatic heterocycles. The highest BCUT2D eigenvalue weighted by molar-refractivity contribution is 5.75. The van der Waals surface area contributed by atoms with Crippen molar-refractivity contribution in [3.05, 3.63) is 0 Å². The molecule has 5 aliphatic rings. The van der Waals surface area contributed by atoms with Crippen molar-refractivity contribution < 1.29 is 0 Å². The average molecular weight is 837 g/mol. The monoisotopic (exact) mass is 837 g/mol. The molecule has 59 heavy (non-hydrogen) atoms. The van der Waals surface area contributed by atoms with Gasteiger partial charge in [0.2, 0.25) is 0 Å². The number of hydrogen-bond acceptors (Lipinski definition) is 10. The molecular weight excluding hydrogens is 737 g/mol. The van der Waals surface area contributed by atoms with Gasteiger partial charge in [-0.3, -0.25) is 10.4 Å². The number of likely N-dealkylation sites (tertiary alicyclic amines) is 5. The smallest absolute Gasteiger partial charge is 0.188 e. The maximum atomic E-state index is 7.36. The lowest BCUT2D eigenvalue weighted by molar-refractivity contribution is 0.136. The minimum atomic E-state index is 0.188. The molecule has 5 fully saturated rings. The quantitative estimate of drug-likeness (QED) is 0.132. The first-order valence-corrected chi connectivity index (χ1v) is 23.7. The van der Waals surface area contributed by atoms with Crippen LogP contribution in [0.5, 0.6) is 0 Å². The van der Waals surface area contributed by atoms with E-state index in [0.717, 1.165) is 76.0 Å². The largest absolute Gasteiger partial charge is 0.370 e. The summed E-state index contributed by atoms with van der Waals surface area (Å²) in [6.45, 7) is 34.4. The highest BCUT2D eigenvalue weighted by Crippen LogP contribution is 2.18. The fourth-order valence-corrected chi connectivity index (χ4v) is 8.57. The van der Waals surface area contributed by atoms with Crippen LogP contribution in [0.25, 0.3) is 0 Å². The van der Waals surface area contributed by atoms with Crippen LogP contribution in [-0.4, -0.2) is 188 Å². The van der Waals surface area contributed by atoms with Gasteiger partial charge in [-0.15, -0.1) is 0 Å². The van der Waals surface area contributed by atoms with Crippen LogP contribution < -0.4 is 33.6 Å². The predicted octanol–water partition coefficient (Wildman–Crippen LogP) is 3.79. The molecule has 0 saturated carbocycles. The lowest BCUT2D eigenvalue weighted by atomic mass is 10.0. The molecule has 0 bridgehead atoms. The minimum absolute atomic E-state index is 0.188. The molecule has 0 amide bonds. The summed E-state index contributed by atoms with van der Waals surface area (Å²) >= 11 is 0. The second-order valence-electron chi connectivity index (χ2n) is 19.1. The van der Waals surface area contributed by atoms with E-state index in [9.17, 15) is 0 Å². The summed E-state index contributed by atoms with van der Waals surface area (Å²) in [4.78, 5) is 18.6. The lowest BCUT2D eigenvalue weighted by Crippen LogP contribution is -2.49. The molecule has 0 spiro atoms. The first-order valence-electron chi connectivity index (χ1n) is 23.7. The molecule has 0 aromatic rings. The topological polar surface area (TPSA) is 184 Å². The Hall–Kier alpha value is -1.78. The van der Waals surface area contributed by atoms with Gasteiger partial charge in [-0.2, -0.15) is 0 Å². The zero-order valence-corrected chi connectivity index (χ0v) is 40.9.